The number of hydrogen-bond acceptors (Lipinski definition) is 5. The van der Waals surface area contributed by atoms with Gasteiger partial charge in [-0.2, -0.15) is 4.98 Å². The number of nitrogens with zero attached hydrogens (tertiary/aromatic N) is 2. The van der Waals surface area contributed by atoms with Gasteiger partial charge in [0.25, 0.3) is 5.89 Å². The molecule has 0 saturated heterocycles. The van der Waals surface area contributed by atoms with E-state index in [2.05, 4.69) is 14.9 Å². The predicted molar refractivity (Wildman–Crippen MR) is 115 cm³/mol. The summed E-state index contributed by atoms with van der Waals surface area (Å²) in [6.07, 6.45) is 0.613. The van der Waals surface area contributed by atoms with Crippen LogP contribution in [0.4, 0.5) is 0 Å². The van der Waals surface area contributed by atoms with Crippen molar-refractivity contribution in [1.82, 2.24) is 14.9 Å². The average Bonchev–Trinajstić information content (AvgIpc) is 3.25. The van der Waals surface area contributed by atoms with Gasteiger partial charge in [0, 0.05) is 17.2 Å². The first-order chi connectivity index (χ1) is 14.5. The fraction of sp³-hybridized carbons (Fsp3) is 0.130. The van der Waals surface area contributed by atoms with Crippen molar-refractivity contribution in [2.45, 2.75) is 24.3 Å². The minimum Gasteiger partial charge on any atom is -0.334 e. The van der Waals surface area contributed by atoms with Gasteiger partial charge in [-0.3, -0.25) is 0 Å². The topological polar surface area (TPSA) is 85.1 Å². The molecule has 7 heteroatoms. The number of aromatic nitrogens is 2. The number of benzene rings is 3. The van der Waals surface area contributed by atoms with E-state index in [4.69, 9.17) is 4.52 Å². The van der Waals surface area contributed by atoms with Crippen molar-refractivity contribution >= 4 is 10.0 Å². The smallest absolute Gasteiger partial charge is 0.258 e. The summed E-state index contributed by atoms with van der Waals surface area (Å²) in [5.74, 6) is 0.821. The molecule has 0 amide bonds. The number of hydrogen-bond donors (Lipinski definition) is 1. The van der Waals surface area contributed by atoms with Gasteiger partial charge in [-0.1, -0.05) is 65.8 Å². The zero-order valence-corrected chi connectivity index (χ0v) is 17.2. The predicted octanol–water partition coefficient (Wildman–Crippen LogP) is 4.31. The fourth-order valence-electron chi connectivity index (χ4n) is 3.16. The van der Waals surface area contributed by atoms with Crippen LogP contribution in [0, 0.1) is 0 Å². The van der Waals surface area contributed by atoms with Crippen LogP contribution in [0.5, 0.6) is 0 Å². The summed E-state index contributed by atoms with van der Waals surface area (Å²) in [7, 11) is -3.63. The molecule has 1 heterocycles. The molecule has 1 aromatic heterocycles. The summed E-state index contributed by atoms with van der Waals surface area (Å²) in [4.78, 5) is 4.58. The fourth-order valence-corrected chi connectivity index (χ4v) is 4.41. The second-order valence-electron chi connectivity index (χ2n) is 7.03. The highest BCUT2D eigenvalue weighted by molar-refractivity contribution is 7.89. The van der Waals surface area contributed by atoms with Gasteiger partial charge in [0.2, 0.25) is 15.8 Å². The van der Waals surface area contributed by atoms with Gasteiger partial charge in [0.15, 0.2) is 0 Å². The van der Waals surface area contributed by atoms with Gasteiger partial charge in [-0.25, -0.2) is 13.1 Å². The van der Waals surface area contributed by atoms with Crippen LogP contribution in [-0.4, -0.2) is 24.6 Å². The van der Waals surface area contributed by atoms with Gasteiger partial charge in [0.1, 0.15) is 0 Å². The highest BCUT2D eigenvalue weighted by Crippen LogP contribution is 2.23. The molecule has 152 valence electrons. The maximum Gasteiger partial charge on any atom is 0.258 e. The van der Waals surface area contributed by atoms with E-state index in [0.717, 1.165) is 11.1 Å². The SMILES string of the molecule is C[C@@H](Cc1ccccc1)NS(=O)(=O)c1ccc(-c2nc(-c3ccccc3)no2)cc1. The monoisotopic (exact) mass is 419 g/mol. The molecule has 0 aliphatic rings. The Kier molecular flexibility index (Phi) is 5.74. The molecule has 0 radical (unpaired) electrons. The summed E-state index contributed by atoms with van der Waals surface area (Å²) in [6, 6.07) is 25.5. The van der Waals surface area contributed by atoms with E-state index in [1.807, 2.05) is 67.6 Å². The Labute approximate surface area is 175 Å². The van der Waals surface area contributed by atoms with E-state index in [1.165, 1.54) is 0 Å². The first-order valence-corrected chi connectivity index (χ1v) is 11.1. The molecular weight excluding hydrogens is 398 g/mol. The van der Waals surface area contributed by atoms with Crippen molar-refractivity contribution in [2.24, 2.45) is 0 Å². The molecule has 4 aromatic rings. The largest absolute Gasteiger partial charge is 0.334 e. The lowest BCUT2D eigenvalue weighted by atomic mass is 10.1. The highest BCUT2D eigenvalue weighted by Gasteiger charge is 2.18. The summed E-state index contributed by atoms with van der Waals surface area (Å²) >= 11 is 0. The second-order valence-corrected chi connectivity index (χ2v) is 8.74. The van der Waals surface area contributed by atoms with Crippen LogP contribution in [0.15, 0.2) is 94.3 Å². The third-order valence-corrected chi connectivity index (χ3v) is 6.22. The Morgan fingerprint density at radius 2 is 1.50 bits per heavy atom. The molecule has 0 fully saturated rings. The molecule has 0 aliphatic carbocycles. The minimum absolute atomic E-state index is 0.189. The Balaban J connectivity index is 1.47. The van der Waals surface area contributed by atoms with Crippen molar-refractivity contribution < 1.29 is 12.9 Å². The molecule has 0 aliphatic heterocycles. The number of rotatable bonds is 7. The van der Waals surface area contributed by atoms with E-state index >= 15 is 0 Å². The van der Waals surface area contributed by atoms with Crippen LogP contribution in [0.2, 0.25) is 0 Å². The molecule has 3 aromatic carbocycles. The first-order valence-electron chi connectivity index (χ1n) is 9.57. The zero-order valence-electron chi connectivity index (χ0n) is 16.4. The van der Waals surface area contributed by atoms with E-state index < -0.39 is 10.0 Å². The lowest BCUT2D eigenvalue weighted by Gasteiger charge is -2.14. The molecule has 1 atom stereocenters. The quantitative estimate of drug-likeness (QED) is 0.482. The standard InChI is InChI=1S/C23H21N3O3S/c1-17(16-18-8-4-2-5-9-18)26-30(27,28)21-14-12-20(13-15-21)23-24-22(25-29-23)19-10-6-3-7-11-19/h2-15,17,26H,16H2,1H3/t17-/m0/s1. The average molecular weight is 420 g/mol. The lowest BCUT2D eigenvalue weighted by molar-refractivity contribution is 0.432. The maximum absolute atomic E-state index is 12.7. The van der Waals surface area contributed by atoms with Gasteiger partial charge in [-0.15, -0.1) is 0 Å². The third-order valence-electron chi connectivity index (χ3n) is 4.61. The summed E-state index contributed by atoms with van der Waals surface area (Å²) < 4.78 is 33.5. The third kappa shape index (κ3) is 4.64. The van der Waals surface area contributed by atoms with Crippen LogP contribution in [0.1, 0.15) is 12.5 Å². The summed E-state index contributed by atoms with van der Waals surface area (Å²) in [5, 5.41) is 4.00. The molecule has 4 rings (SSSR count). The highest BCUT2D eigenvalue weighted by atomic mass is 32.2. The van der Waals surface area contributed by atoms with E-state index in [1.54, 1.807) is 24.3 Å². The van der Waals surface area contributed by atoms with Crippen LogP contribution < -0.4 is 4.72 Å². The van der Waals surface area contributed by atoms with Gasteiger partial charge in [0.05, 0.1) is 4.90 Å². The Morgan fingerprint density at radius 1 is 0.867 bits per heavy atom. The second kappa shape index (κ2) is 8.61. The molecule has 0 bridgehead atoms. The molecule has 0 spiro atoms. The molecular formula is C23H21N3O3S. The van der Waals surface area contributed by atoms with Crippen molar-refractivity contribution in [1.29, 1.82) is 0 Å². The summed E-state index contributed by atoms with van der Waals surface area (Å²) in [6.45, 7) is 1.85. The summed E-state index contributed by atoms with van der Waals surface area (Å²) in [5.41, 5.74) is 2.58. The van der Waals surface area contributed by atoms with E-state index in [-0.39, 0.29) is 10.9 Å². The van der Waals surface area contributed by atoms with E-state index in [9.17, 15) is 8.42 Å². The number of sulfonamides is 1. The van der Waals surface area contributed by atoms with Crippen molar-refractivity contribution in [3.8, 4) is 22.8 Å². The van der Waals surface area contributed by atoms with Gasteiger partial charge >= 0.3 is 0 Å². The Bertz CT molecular complexity index is 1210. The van der Waals surface area contributed by atoms with Crippen LogP contribution in [0.25, 0.3) is 22.8 Å². The molecule has 0 unspecified atom stereocenters. The zero-order chi connectivity index (χ0) is 21.0. The molecule has 1 N–H and O–H groups in total. The van der Waals surface area contributed by atoms with Crippen LogP contribution in [0.3, 0.4) is 0 Å². The normalized spacial score (nSPS) is 12.6. The lowest BCUT2D eigenvalue weighted by Crippen LogP contribution is -2.34. The minimum atomic E-state index is -3.63. The Morgan fingerprint density at radius 3 is 2.17 bits per heavy atom. The number of nitrogens with one attached hydrogen (secondary N) is 1. The van der Waals surface area contributed by atoms with Crippen molar-refractivity contribution in [2.75, 3.05) is 0 Å². The molecule has 6 nitrogen and oxygen atoms in total. The first kappa shape index (κ1) is 20.0. The molecule has 0 saturated carbocycles. The molecule has 30 heavy (non-hydrogen) atoms. The van der Waals surface area contributed by atoms with Crippen LogP contribution >= 0.6 is 0 Å². The maximum atomic E-state index is 12.7. The van der Waals surface area contributed by atoms with E-state index in [0.29, 0.717) is 23.7 Å². The van der Waals surface area contributed by atoms with Crippen LogP contribution in [-0.2, 0) is 16.4 Å². The van der Waals surface area contributed by atoms with Gasteiger partial charge in [-0.05, 0) is 43.2 Å². The Hall–Kier alpha value is -3.29. The van der Waals surface area contributed by atoms with Crippen molar-refractivity contribution in [3.63, 3.8) is 0 Å². The van der Waals surface area contributed by atoms with Crippen molar-refractivity contribution in [3.05, 3.63) is 90.5 Å². The van der Waals surface area contributed by atoms with Gasteiger partial charge < -0.3 is 4.52 Å².